The largest absolute Gasteiger partial charge is 0.481 e. The Labute approximate surface area is 124 Å². The van der Waals surface area contributed by atoms with Crippen molar-refractivity contribution in [2.75, 3.05) is 5.75 Å². The first kappa shape index (κ1) is 14.9. The molecule has 0 fully saturated rings. The van der Waals surface area contributed by atoms with E-state index >= 15 is 0 Å². The van der Waals surface area contributed by atoms with E-state index in [1.165, 1.54) is 18.2 Å². The third-order valence-corrected chi connectivity index (χ3v) is 3.81. The molecule has 0 bridgehead atoms. The summed E-state index contributed by atoms with van der Waals surface area (Å²) in [5.41, 5.74) is 1.07. The molecule has 0 saturated heterocycles. The van der Waals surface area contributed by atoms with Gasteiger partial charge in [0, 0.05) is 16.9 Å². The molecule has 2 rings (SSSR count). The van der Waals surface area contributed by atoms with E-state index in [2.05, 4.69) is 4.98 Å². The number of carboxylic acids is 1. The number of benzene rings is 1. The maximum Gasteiger partial charge on any atom is 0.313 e. The standard InChI is InChI=1S/C13H12ClFN2O2S/c1-2-9-6-16-13(20-7-12(18)19)17(9)11-5-8(14)3-4-10(11)15/h3-6H,2,7H2,1H3,(H,18,19). The lowest BCUT2D eigenvalue weighted by atomic mass is 10.2. The van der Waals surface area contributed by atoms with Gasteiger partial charge in [-0.2, -0.15) is 0 Å². The summed E-state index contributed by atoms with van der Waals surface area (Å²) in [6.07, 6.45) is 2.26. The predicted molar refractivity (Wildman–Crippen MR) is 76.3 cm³/mol. The highest BCUT2D eigenvalue weighted by Gasteiger charge is 2.16. The summed E-state index contributed by atoms with van der Waals surface area (Å²) >= 11 is 6.95. The highest BCUT2D eigenvalue weighted by molar-refractivity contribution is 7.99. The smallest absolute Gasteiger partial charge is 0.313 e. The topological polar surface area (TPSA) is 55.1 Å². The molecule has 0 radical (unpaired) electrons. The van der Waals surface area contributed by atoms with Crippen molar-refractivity contribution in [3.05, 3.63) is 40.9 Å². The number of aliphatic carboxylic acids is 1. The molecule has 7 heteroatoms. The van der Waals surface area contributed by atoms with E-state index in [1.807, 2.05) is 6.92 Å². The van der Waals surface area contributed by atoms with Gasteiger partial charge >= 0.3 is 5.97 Å². The van der Waals surface area contributed by atoms with Crippen LogP contribution in [0, 0.1) is 5.82 Å². The second-order valence-electron chi connectivity index (χ2n) is 4.00. The van der Waals surface area contributed by atoms with Crippen molar-refractivity contribution in [3.8, 4) is 5.69 Å². The second-order valence-corrected chi connectivity index (χ2v) is 5.38. The van der Waals surface area contributed by atoms with Gasteiger partial charge in [-0.1, -0.05) is 30.3 Å². The first-order chi connectivity index (χ1) is 9.52. The van der Waals surface area contributed by atoms with Crippen LogP contribution in [0.15, 0.2) is 29.6 Å². The number of aromatic nitrogens is 2. The molecule has 1 heterocycles. The van der Waals surface area contributed by atoms with Crippen molar-refractivity contribution in [1.29, 1.82) is 0 Å². The summed E-state index contributed by atoms with van der Waals surface area (Å²) in [5.74, 6) is -1.52. The van der Waals surface area contributed by atoms with E-state index in [-0.39, 0.29) is 11.4 Å². The maximum atomic E-state index is 14.0. The van der Waals surface area contributed by atoms with E-state index in [1.54, 1.807) is 10.8 Å². The Bertz CT molecular complexity index is 645. The summed E-state index contributed by atoms with van der Waals surface area (Å²) in [7, 11) is 0. The minimum atomic E-state index is -0.950. The first-order valence-corrected chi connectivity index (χ1v) is 7.26. The van der Waals surface area contributed by atoms with Crippen LogP contribution in [0.2, 0.25) is 5.02 Å². The normalized spacial score (nSPS) is 10.8. The third kappa shape index (κ3) is 3.13. The summed E-state index contributed by atoms with van der Waals surface area (Å²) < 4.78 is 15.6. The number of thioether (sulfide) groups is 1. The van der Waals surface area contributed by atoms with Crippen molar-refractivity contribution in [1.82, 2.24) is 9.55 Å². The Morgan fingerprint density at radius 2 is 2.30 bits per heavy atom. The van der Waals surface area contributed by atoms with E-state index in [0.717, 1.165) is 17.5 Å². The van der Waals surface area contributed by atoms with Crippen molar-refractivity contribution in [2.24, 2.45) is 0 Å². The van der Waals surface area contributed by atoms with Crippen LogP contribution >= 0.6 is 23.4 Å². The van der Waals surface area contributed by atoms with Crippen LogP contribution in [0.5, 0.6) is 0 Å². The zero-order valence-electron chi connectivity index (χ0n) is 10.6. The van der Waals surface area contributed by atoms with Gasteiger partial charge in [-0.05, 0) is 24.6 Å². The van der Waals surface area contributed by atoms with Gasteiger partial charge < -0.3 is 5.11 Å². The van der Waals surface area contributed by atoms with E-state index in [4.69, 9.17) is 16.7 Å². The number of hydrogen-bond acceptors (Lipinski definition) is 3. The SMILES string of the molecule is CCc1cnc(SCC(=O)O)n1-c1cc(Cl)ccc1F. The number of rotatable bonds is 5. The molecule has 0 aliphatic heterocycles. The van der Waals surface area contributed by atoms with Crippen LogP contribution < -0.4 is 0 Å². The van der Waals surface area contributed by atoms with Crippen molar-refractivity contribution < 1.29 is 14.3 Å². The van der Waals surface area contributed by atoms with Gasteiger partial charge in [-0.25, -0.2) is 9.37 Å². The summed E-state index contributed by atoms with van der Waals surface area (Å²) in [6, 6.07) is 4.25. The molecule has 1 aromatic carbocycles. The van der Waals surface area contributed by atoms with Gasteiger partial charge in [0.15, 0.2) is 5.16 Å². The number of carbonyl (C=O) groups is 1. The summed E-state index contributed by atoms with van der Waals surface area (Å²) in [4.78, 5) is 14.8. The van der Waals surface area contributed by atoms with Gasteiger partial charge in [0.05, 0.1) is 11.4 Å². The molecule has 4 nitrogen and oxygen atoms in total. The fourth-order valence-electron chi connectivity index (χ4n) is 1.76. The van der Waals surface area contributed by atoms with Crippen molar-refractivity contribution in [3.63, 3.8) is 0 Å². The molecule has 0 aliphatic carbocycles. The molecule has 0 aliphatic rings. The molecule has 1 aromatic heterocycles. The molecule has 0 atom stereocenters. The zero-order chi connectivity index (χ0) is 14.7. The van der Waals surface area contributed by atoms with E-state index < -0.39 is 11.8 Å². The van der Waals surface area contributed by atoms with Crippen molar-refractivity contribution >= 4 is 29.3 Å². The second kappa shape index (κ2) is 6.28. The first-order valence-electron chi connectivity index (χ1n) is 5.89. The molecule has 20 heavy (non-hydrogen) atoms. The summed E-state index contributed by atoms with van der Waals surface area (Å²) in [6.45, 7) is 1.92. The zero-order valence-corrected chi connectivity index (χ0v) is 12.2. The van der Waals surface area contributed by atoms with Crippen LogP contribution in [0.3, 0.4) is 0 Å². The Balaban J connectivity index is 2.50. The average molecular weight is 315 g/mol. The maximum absolute atomic E-state index is 14.0. The number of aryl methyl sites for hydroxylation is 1. The molecular formula is C13H12ClFN2O2S. The molecule has 0 amide bonds. The van der Waals surface area contributed by atoms with Gasteiger partial charge in [0.1, 0.15) is 5.82 Å². The van der Waals surface area contributed by atoms with Gasteiger partial charge in [-0.15, -0.1) is 0 Å². The molecule has 0 saturated carbocycles. The molecular weight excluding hydrogens is 303 g/mol. The minimum absolute atomic E-state index is 0.137. The van der Waals surface area contributed by atoms with Crippen LogP contribution in [0.25, 0.3) is 5.69 Å². The van der Waals surface area contributed by atoms with Crippen LogP contribution in [0.4, 0.5) is 4.39 Å². The van der Waals surface area contributed by atoms with Crippen molar-refractivity contribution in [2.45, 2.75) is 18.5 Å². The lowest BCUT2D eigenvalue weighted by molar-refractivity contribution is -0.133. The van der Waals surface area contributed by atoms with Crippen LogP contribution in [-0.4, -0.2) is 26.4 Å². The molecule has 2 aromatic rings. The number of imidazole rings is 1. The van der Waals surface area contributed by atoms with Gasteiger partial charge in [-0.3, -0.25) is 9.36 Å². The van der Waals surface area contributed by atoms with Crippen LogP contribution in [-0.2, 0) is 11.2 Å². The quantitative estimate of drug-likeness (QED) is 0.859. The predicted octanol–water partition coefficient (Wildman–Crippen LogP) is 3.40. The molecule has 1 N–H and O–H groups in total. The lowest BCUT2D eigenvalue weighted by Crippen LogP contribution is -2.06. The van der Waals surface area contributed by atoms with E-state index in [0.29, 0.717) is 16.6 Å². The fraction of sp³-hybridized carbons (Fsp3) is 0.231. The number of halogens is 2. The summed E-state index contributed by atoms with van der Waals surface area (Å²) in [5, 5.41) is 9.59. The number of nitrogens with zero attached hydrogens (tertiary/aromatic N) is 2. The average Bonchev–Trinajstić information content (AvgIpc) is 2.82. The molecule has 0 spiro atoms. The Hall–Kier alpha value is -1.53. The fourth-order valence-corrected chi connectivity index (χ4v) is 2.65. The molecule has 106 valence electrons. The van der Waals surface area contributed by atoms with E-state index in [9.17, 15) is 9.18 Å². The van der Waals surface area contributed by atoms with Gasteiger partial charge in [0.25, 0.3) is 0 Å². The Morgan fingerprint density at radius 3 is 2.95 bits per heavy atom. The molecule has 0 unspecified atom stereocenters. The number of hydrogen-bond donors (Lipinski definition) is 1. The highest BCUT2D eigenvalue weighted by atomic mass is 35.5. The monoisotopic (exact) mass is 314 g/mol. The Kier molecular flexibility index (Phi) is 4.67. The highest BCUT2D eigenvalue weighted by Crippen LogP contribution is 2.27. The Morgan fingerprint density at radius 1 is 1.55 bits per heavy atom. The minimum Gasteiger partial charge on any atom is -0.481 e. The lowest BCUT2D eigenvalue weighted by Gasteiger charge is -2.11. The van der Waals surface area contributed by atoms with Crippen LogP contribution in [0.1, 0.15) is 12.6 Å². The third-order valence-electron chi connectivity index (χ3n) is 2.64. The van der Waals surface area contributed by atoms with Gasteiger partial charge in [0.2, 0.25) is 0 Å². The number of carboxylic acid groups (broad SMARTS) is 1.